The van der Waals surface area contributed by atoms with Crippen LogP contribution in [0, 0.1) is 5.82 Å². The van der Waals surface area contributed by atoms with Crippen molar-refractivity contribution in [1.82, 2.24) is 15.0 Å². The number of fused-ring (bicyclic) bond motifs is 1. The lowest BCUT2D eigenvalue weighted by Gasteiger charge is -2.37. The largest absolute Gasteiger partial charge is 0.493 e. The van der Waals surface area contributed by atoms with E-state index in [-0.39, 0.29) is 35.8 Å². The minimum atomic E-state index is -4.92. The summed E-state index contributed by atoms with van der Waals surface area (Å²) in [6.45, 7) is 5.51. The molecule has 0 saturated carbocycles. The van der Waals surface area contributed by atoms with Crippen molar-refractivity contribution in [2.75, 3.05) is 56.3 Å². The molecule has 2 aromatic heterocycles. The number of aromatic nitrogens is 3. The number of benzene rings is 1. The second-order valence-corrected chi connectivity index (χ2v) is 11.5. The maximum atomic E-state index is 14.9. The molecule has 4 N–H and O–H groups in total. The fourth-order valence-electron chi connectivity index (χ4n) is 4.20. The quantitative estimate of drug-likeness (QED) is 0.125. The van der Waals surface area contributed by atoms with E-state index in [9.17, 15) is 13.8 Å². The van der Waals surface area contributed by atoms with E-state index in [4.69, 9.17) is 33.5 Å². The summed E-state index contributed by atoms with van der Waals surface area (Å²) in [6.07, 6.45) is 2.92. The second-order valence-electron chi connectivity index (χ2n) is 10.3. The number of amides is 1. The van der Waals surface area contributed by atoms with Gasteiger partial charge in [-0.15, -0.1) is 0 Å². The molecule has 1 aliphatic rings. The maximum Gasteiger partial charge on any atom is 0.471 e. The van der Waals surface area contributed by atoms with Crippen LogP contribution in [0.3, 0.4) is 0 Å². The summed E-state index contributed by atoms with van der Waals surface area (Å²) in [6, 6.07) is 6.18. The molecular formula is C28H36FN6O10P. The third-order valence-electron chi connectivity index (χ3n) is 6.39. The van der Waals surface area contributed by atoms with Gasteiger partial charge in [0.25, 0.3) is 5.91 Å². The molecule has 0 fully saturated rings. The molecule has 0 aliphatic carbocycles. The van der Waals surface area contributed by atoms with Crippen LogP contribution in [0.2, 0.25) is 0 Å². The Morgan fingerprint density at radius 2 is 1.83 bits per heavy atom. The minimum absolute atomic E-state index is 0.000129. The number of halogens is 1. The Kier molecular flexibility index (Phi) is 11.2. The summed E-state index contributed by atoms with van der Waals surface area (Å²) in [7, 11) is -1.97. The molecule has 1 amide bonds. The van der Waals surface area contributed by atoms with Gasteiger partial charge in [-0.1, -0.05) is 13.3 Å². The molecule has 0 saturated heterocycles. The fourth-order valence-corrected chi connectivity index (χ4v) is 4.47. The van der Waals surface area contributed by atoms with E-state index < -0.39 is 31.9 Å². The standard InChI is InChI=1S/C28H36FN6O10P/c1-6-7-10-42-11-12-43-21-14-17(13-20(40-4)23(21)41-5)31-27-30-15-18(29)24(34-27)32-22-9-8-19-25(33-22)35(16-44-46(37,38)39)26(36)28(2,3)45-19/h8-9,13-15H,6-7,10-12,16H2,1-5H3,(H2,37,38,39)(H2,30,31,32,33,34). The highest BCUT2D eigenvalue weighted by atomic mass is 31.2. The Labute approximate surface area is 264 Å². The SMILES string of the molecule is CCCCOCCOc1cc(Nc2ncc(F)c(Nc3ccc4c(n3)N(COP(=O)(O)O)C(=O)C(C)(C)O4)n2)cc(OC)c1OC. The molecule has 0 atom stereocenters. The van der Waals surface area contributed by atoms with Gasteiger partial charge < -0.3 is 44.1 Å². The van der Waals surface area contributed by atoms with Crippen LogP contribution in [-0.2, 0) is 18.6 Å². The molecule has 0 bridgehead atoms. The number of ether oxygens (including phenoxy) is 5. The molecule has 250 valence electrons. The van der Waals surface area contributed by atoms with Crippen LogP contribution in [0.25, 0.3) is 0 Å². The first-order valence-electron chi connectivity index (χ1n) is 14.1. The van der Waals surface area contributed by atoms with E-state index in [1.807, 2.05) is 0 Å². The third-order valence-corrected chi connectivity index (χ3v) is 6.85. The first-order valence-corrected chi connectivity index (χ1v) is 15.6. The highest BCUT2D eigenvalue weighted by Crippen LogP contribution is 2.42. The lowest BCUT2D eigenvalue weighted by atomic mass is 10.1. The Morgan fingerprint density at radius 3 is 2.52 bits per heavy atom. The van der Waals surface area contributed by atoms with Gasteiger partial charge in [0, 0.05) is 24.4 Å². The first-order chi connectivity index (χ1) is 21.8. The summed E-state index contributed by atoms with van der Waals surface area (Å²) in [5, 5.41) is 5.71. The van der Waals surface area contributed by atoms with Crippen molar-refractivity contribution in [2.45, 2.75) is 39.2 Å². The van der Waals surface area contributed by atoms with Gasteiger partial charge in [-0.2, -0.15) is 4.98 Å². The van der Waals surface area contributed by atoms with Gasteiger partial charge in [-0.3, -0.25) is 14.2 Å². The smallest absolute Gasteiger partial charge is 0.471 e. The Hall–Kier alpha value is -4.28. The van der Waals surface area contributed by atoms with E-state index in [2.05, 4.69) is 37.0 Å². The fraction of sp³-hybridized carbons (Fsp3) is 0.429. The van der Waals surface area contributed by atoms with Crippen LogP contribution in [0.1, 0.15) is 33.6 Å². The Bertz CT molecular complexity index is 1590. The minimum Gasteiger partial charge on any atom is -0.493 e. The Morgan fingerprint density at radius 1 is 1.07 bits per heavy atom. The molecule has 3 heterocycles. The zero-order chi connectivity index (χ0) is 33.5. The van der Waals surface area contributed by atoms with Gasteiger partial charge in [-0.25, -0.2) is 18.9 Å². The van der Waals surface area contributed by atoms with Crippen LogP contribution >= 0.6 is 7.82 Å². The van der Waals surface area contributed by atoms with Gasteiger partial charge in [0.05, 0.1) is 27.0 Å². The first kappa shape index (κ1) is 34.6. The topological polar surface area (TPSA) is 196 Å². The number of carbonyl (C=O) groups excluding carboxylic acids is 1. The van der Waals surface area contributed by atoms with E-state index in [1.165, 1.54) is 40.2 Å². The van der Waals surface area contributed by atoms with Gasteiger partial charge >= 0.3 is 7.82 Å². The molecular weight excluding hydrogens is 630 g/mol. The monoisotopic (exact) mass is 666 g/mol. The molecule has 16 nitrogen and oxygen atoms in total. The van der Waals surface area contributed by atoms with Crippen molar-refractivity contribution in [2.24, 2.45) is 0 Å². The Balaban J connectivity index is 1.56. The van der Waals surface area contributed by atoms with E-state index in [0.717, 1.165) is 23.9 Å². The van der Waals surface area contributed by atoms with E-state index in [0.29, 0.717) is 36.1 Å². The molecule has 4 rings (SSSR count). The highest BCUT2D eigenvalue weighted by Gasteiger charge is 2.42. The predicted molar refractivity (Wildman–Crippen MR) is 164 cm³/mol. The number of phosphoric ester groups is 1. The predicted octanol–water partition coefficient (Wildman–Crippen LogP) is 4.28. The number of anilines is 5. The highest BCUT2D eigenvalue weighted by molar-refractivity contribution is 7.46. The number of rotatable bonds is 16. The van der Waals surface area contributed by atoms with Crippen molar-refractivity contribution in [3.05, 3.63) is 36.3 Å². The maximum absolute atomic E-state index is 14.9. The number of unbranched alkanes of at least 4 members (excludes halogenated alkanes) is 1. The number of methoxy groups -OCH3 is 2. The van der Waals surface area contributed by atoms with Crippen LogP contribution in [0.5, 0.6) is 23.0 Å². The zero-order valence-electron chi connectivity index (χ0n) is 25.9. The summed E-state index contributed by atoms with van der Waals surface area (Å²) >= 11 is 0. The third kappa shape index (κ3) is 8.70. The lowest BCUT2D eigenvalue weighted by Crippen LogP contribution is -2.53. The van der Waals surface area contributed by atoms with E-state index in [1.54, 1.807) is 12.1 Å². The average molecular weight is 667 g/mol. The summed E-state index contributed by atoms with van der Waals surface area (Å²) in [5.74, 6) is -0.601. The molecule has 1 aromatic carbocycles. The van der Waals surface area contributed by atoms with Crippen LogP contribution in [-0.4, -0.2) is 77.0 Å². The molecule has 0 spiro atoms. The number of nitrogens with zero attached hydrogens (tertiary/aromatic N) is 4. The number of carbonyl (C=O) groups is 1. The zero-order valence-corrected chi connectivity index (χ0v) is 26.8. The van der Waals surface area contributed by atoms with Crippen LogP contribution in [0.4, 0.5) is 33.5 Å². The van der Waals surface area contributed by atoms with Crippen molar-refractivity contribution in [3.63, 3.8) is 0 Å². The lowest BCUT2D eigenvalue weighted by molar-refractivity contribution is -0.133. The molecule has 18 heteroatoms. The summed E-state index contributed by atoms with van der Waals surface area (Å²) in [5.41, 5.74) is -0.929. The summed E-state index contributed by atoms with van der Waals surface area (Å²) in [4.78, 5) is 44.8. The van der Waals surface area contributed by atoms with Crippen LogP contribution < -0.4 is 34.5 Å². The normalized spacial score (nSPS) is 13.9. The molecule has 3 aromatic rings. The number of hydrogen-bond acceptors (Lipinski definition) is 13. The second kappa shape index (κ2) is 14.9. The van der Waals surface area contributed by atoms with Crippen molar-refractivity contribution >= 4 is 42.8 Å². The number of phosphoric acid groups is 1. The van der Waals surface area contributed by atoms with Crippen molar-refractivity contribution < 1.29 is 51.7 Å². The van der Waals surface area contributed by atoms with Gasteiger partial charge in [0.1, 0.15) is 19.2 Å². The van der Waals surface area contributed by atoms with Crippen molar-refractivity contribution in [1.29, 1.82) is 0 Å². The van der Waals surface area contributed by atoms with E-state index >= 15 is 0 Å². The molecule has 46 heavy (non-hydrogen) atoms. The molecule has 0 unspecified atom stereocenters. The number of hydrogen-bond donors (Lipinski definition) is 4. The van der Waals surface area contributed by atoms with Gasteiger partial charge in [0.15, 0.2) is 40.3 Å². The van der Waals surface area contributed by atoms with Gasteiger partial charge in [0.2, 0.25) is 11.7 Å². The average Bonchev–Trinajstić information content (AvgIpc) is 3.00. The van der Waals surface area contributed by atoms with Gasteiger partial charge in [-0.05, 0) is 32.4 Å². The molecule has 1 aliphatic heterocycles. The van der Waals surface area contributed by atoms with Crippen LogP contribution in [0.15, 0.2) is 30.5 Å². The number of nitrogens with one attached hydrogen (secondary N) is 2. The summed E-state index contributed by atoms with van der Waals surface area (Å²) < 4.78 is 58.8. The molecule has 0 radical (unpaired) electrons. The number of pyridine rings is 1. The van der Waals surface area contributed by atoms with Crippen molar-refractivity contribution in [3.8, 4) is 23.0 Å².